The van der Waals surface area contributed by atoms with Crippen molar-refractivity contribution in [1.29, 1.82) is 0 Å². The van der Waals surface area contributed by atoms with Gasteiger partial charge < -0.3 is 9.47 Å². The van der Waals surface area contributed by atoms with Gasteiger partial charge in [0.05, 0.1) is 19.4 Å². The molecule has 0 fully saturated rings. The fourth-order valence-electron chi connectivity index (χ4n) is 3.92. The SMILES string of the molecule is CCOc1ccc(-n2c(SCc3cc(=O)n4cccc(C)c4n3)nnc2-c2cccc(OC)c2)cc1. The number of fused-ring (bicyclic) bond motifs is 1. The van der Waals surface area contributed by atoms with Crippen molar-refractivity contribution in [3.05, 3.63) is 94.5 Å². The largest absolute Gasteiger partial charge is 0.497 e. The maximum absolute atomic E-state index is 12.6. The monoisotopic (exact) mass is 499 g/mol. The maximum Gasteiger partial charge on any atom is 0.258 e. The first-order valence-corrected chi connectivity index (χ1v) is 12.5. The van der Waals surface area contributed by atoms with Crippen molar-refractivity contribution >= 4 is 17.4 Å². The standard InChI is InChI=1S/C27H25N5O3S/c1-4-35-22-12-10-21(11-13-22)32-26(19-8-5-9-23(15-19)34-3)29-30-27(32)36-17-20-16-24(33)31-14-6-7-18(2)25(31)28-20/h5-16H,4,17H2,1-3H3. The van der Waals surface area contributed by atoms with Crippen molar-refractivity contribution in [3.63, 3.8) is 0 Å². The van der Waals surface area contributed by atoms with Crippen LogP contribution >= 0.6 is 11.8 Å². The summed E-state index contributed by atoms with van der Waals surface area (Å²) in [6, 6.07) is 20.9. The lowest BCUT2D eigenvalue weighted by Gasteiger charge is -2.12. The third-order valence-corrected chi connectivity index (χ3v) is 6.62. The molecule has 0 bridgehead atoms. The number of pyridine rings is 1. The van der Waals surface area contributed by atoms with Gasteiger partial charge in [-0.15, -0.1) is 10.2 Å². The van der Waals surface area contributed by atoms with Gasteiger partial charge in [-0.25, -0.2) is 4.98 Å². The van der Waals surface area contributed by atoms with Crippen LogP contribution in [0.25, 0.3) is 22.7 Å². The summed E-state index contributed by atoms with van der Waals surface area (Å²) in [5.41, 5.74) is 3.95. The molecule has 0 saturated heterocycles. The number of hydrogen-bond acceptors (Lipinski definition) is 7. The Bertz CT molecular complexity index is 1580. The molecule has 0 spiro atoms. The van der Waals surface area contributed by atoms with Crippen molar-refractivity contribution in [2.45, 2.75) is 24.8 Å². The summed E-state index contributed by atoms with van der Waals surface area (Å²) in [6.45, 7) is 4.50. The minimum absolute atomic E-state index is 0.107. The quantitative estimate of drug-likeness (QED) is 0.279. The smallest absolute Gasteiger partial charge is 0.258 e. The minimum Gasteiger partial charge on any atom is -0.497 e. The van der Waals surface area contributed by atoms with Gasteiger partial charge in [0.25, 0.3) is 5.56 Å². The molecule has 182 valence electrons. The molecule has 0 saturated carbocycles. The molecule has 0 aliphatic rings. The third-order valence-electron chi connectivity index (χ3n) is 5.66. The molecule has 5 aromatic rings. The summed E-state index contributed by atoms with van der Waals surface area (Å²) in [5.74, 6) is 2.68. The second-order valence-corrected chi connectivity index (χ2v) is 9.00. The van der Waals surface area contributed by atoms with Crippen LogP contribution in [0.1, 0.15) is 18.2 Å². The Morgan fingerprint density at radius 1 is 0.972 bits per heavy atom. The van der Waals surface area contributed by atoms with Gasteiger partial charge in [-0.05, 0) is 61.9 Å². The molecule has 2 aromatic carbocycles. The van der Waals surface area contributed by atoms with E-state index < -0.39 is 0 Å². The highest BCUT2D eigenvalue weighted by molar-refractivity contribution is 7.98. The number of hydrogen-bond donors (Lipinski definition) is 0. The minimum atomic E-state index is -0.107. The van der Waals surface area contributed by atoms with E-state index in [0.717, 1.165) is 28.3 Å². The molecule has 0 aliphatic heterocycles. The fraction of sp³-hybridized carbons (Fsp3) is 0.185. The van der Waals surface area contributed by atoms with Gasteiger partial charge in [0.1, 0.15) is 17.1 Å². The summed E-state index contributed by atoms with van der Waals surface area (Å²) in [7, 11) is 1.64. The Labute approximate surface area is 212 Å². The van der Waals surface area contributed by atoms with Crippen molar-refractivity contribution in [1.82, 2.24) is 24.1 Å². The third kappa shape index (κ3) is 4.70. The molecule has 0 N–H and O–H groups in total. The number of ether oxygens (including phenoxy) is 2. The van der Waals surface area contributed by atoms with Crippen LogP contribution in [0.2, 0.25) is 0 Å². The Morgan fingerprint density at radius 2 is 1.81 bits per heavy atom. The topological polar surface area (TPSA) is 83.5 Å². The van der Waals surface area contributed by atoms with Gasteiger partial charge in [-0.3, -0.25) is 13.8 Å². The molecule has 0 amide bonds. The highest BCUT2D eigenvalue weighted by atomic mass is 32.2. The molecule has 5 rings (SSSR count). The number of rotatable bonds is 8. The van der Waals surface area contributed by atoms with Gasteiger partial charge >= 0.3 is 0 Å². The molecule has 0 radical (unpaired) electrons. The van der Waals surface area contributed by atoms with Crippen LogP contribution in [0.4, 0.5) is 0 Å². The average molecular weight is 500 g/mol. The van der Waals surface area contributed by atoms with E-state index in [0.29, 0.717) is 34.7 Å². The van der Waals surface area contributed by atoms with Crippen LogP contribution in [-0.4, -0.2) is 37.9 Å². The van der Waals surface area contributed by atoms with E-state index in [1.165, 1.54) is 11.8 Å². The summed E-state index contributed by atoms with van der Waals surface area (Å²) < 4.78 is 14.6. The molecule has 0 unspecified atom stereocenters. The van der Waals surface area contributed by atoms with Gasteiger partial charge in [-0.2, -0.15) is 0 Å². The number of aryl methyl sites for hydroxylation is 1. The van der Waals surface area contributed by atoms with Crippen LogP contribution < -0.4 is 15.0 Å². The van der Waals surface area contributed by atoms with E-state index >= 15 is 0 Å². The molecular formula is C27H25N5O3S. The Kier molecular flexibility index (Phi) is 6.73. The summed E-state index contributed by atoms with van der Waals surface area (Å²) in [4.78, 5) is 17.4. The van der Waals surface area contributed by atoms with Crippen molar-refractivity contribution < 1.29 is 9.47 Å². The van der Waals surface area contributed by atoms with Gasteiger partial charge in [0.2, 0.25) is 0 Å². The summed E-state index contributed by atoms with van der Waals surface area (Å²) in [6.07, 6.45) is 1.73. The zero-order valence-electron chi connectivity index (χ0n) is 20.2. The molecular weight excluding hydrogens is 474 g/mol. The van der Waals surface area contributed by atoms with Gasteiger partial charge in [-0.1, -0.05) is 30.0 Å². The summed E-state index contributed by atoms with van der Waals surface area (Å²) in [5, 5.41) is 9.69. The van der Waals surface area contributed by atoms with Crippen molar-refractivity contribution in [2.24, 2.45) is 0 Å². The van der Waals surface area contributed by atoms with Crippen molar-refractivity contribution in [3.8, 4) is 28.6 Å². The average Bonchev–Trinajstić information content (AvgIpc) is 3.33. The molecule has 36 heavy (non-hydrogen) atoms. The highest BCUT2D eigenvalue weighted by Crippen LogP contribution is 2.31. The zero-order chi connectivity index (χ0) is 25.1. The molecule has 9 heteroatoms. The van der Waals surface area contributed by atoms with E-state index in [4.69, 9.17) is 14.5 Å². The normalized spacial score (nSPS) is 11.1. The van der Waals surface area contributed by atoms with E-state index in [-0.39, 0.29) is 5.56 Å². The lowest BCUT2D eigenvalue weighted by molar-refractivity contribution is 0.340. The second kappa shape index (κ2) is 10.2. The van der Waals surface area contributed by atoms with Gasteiger partial charge in [0.15, 0.2) is 11.0 Å². The Balaban J connectivity index is 1.54. The second-order valence-electron chi connectivity index (χ2n) is 8.06. The first-order valence-electron chi connectivity index (χ1n) is 11.5. The predicted molar refractivity (Wildman–Crippen MR) is 140 cm³/mol. The van der Waals surface area contributed by atoms with Gasteiger partial charge in [0, 0.05) is 29.3 Å². The maximum atomic E-state index is 12.6. The molecule has 8 nitrogen and oxygen atoms in total. The predicted octanol–water partition coefficient (Wildman–Crippen LogP) is 4.95. The van der Waals surface area contributed by atoms with Crippen LogP contribution in [0.15, 0.2) is 82.9 Å². The van der Waals surface area contributed by atoms with E-state index in [1.54, 1.807) is 23.8 Å². The number of aromatic nitrogens is 5. The van der Waals surface area contributed by atoms with E-state index in [2.05, 4.69) is 10.2 Å². The highest BCUT2D eigenvalue weighted by Gasteiger charge is 2.18. The molecule has 0 aliphatic carbocycles. The first-order chi connectivity index (χ1) is 17.6. The number of thioether (sulfide) groups is 1. The number of nitrogens with zero attached hydrogens (tertiary/aromatic N) is 5. The lowest BCUT2D eigenvalue weighted by atomic mass is 10.2. The Morgan fingerprint density at radius 3 is 2.58 bits per heavy atom. The van der Waals surface area contributed by atoms with Crippen LogP contribution in [-0.2, 0) is 5.75 Å². The molecule has 0 atom stereocenters. The van der Waals surface area contributed by atoms with Crippen LogP contribution in [0, 0.1) is 6.92 Å². The van der Waals surface area contributed by atoms with E-state index in [1.807, 2.05) is 79.1 Å². The van der Waals surface area contributed by atoms with Crippen LogP contribution in [0.5, 0.6) is 11.5 Å². The van der Waals surface area contributed by atoms with E-state index in [9.17, 15) is 4.79 Å². The molecule has 3 heterocycles. The lowest BCUT2D eigenvalue weighted by Crippen LogP contribution is -2.15. The van der Waals surface area contributed by atoms with Crippen LogP contribution in [0.3, 0.4) is 0 Å². The Hall–Kier alpha value is -4.11. The van der Waals surface area contributed by atoms with Crippen molar-refractivity contribution in [2.75, 3.05) is 13.7 Å². The fourth-order valence-corrected chi connectivity index (χ4v) is 4.77. The summed E-state index contributed by atoms with van der Waals surface area (Å²) >= 11 is 1.47. The number of methoxy groups -OCH3 is 1. The zero-order valence-corrected chi connectivity index (χ0v) is 21.0. The first kappa shape index (κ1) is 23.6. The number of benzene rings is 2. The molecule has 3 aromatic heterocycles.